The first-order chi connectivity index (χ1) is 10.8. The molecular weight excluding hydrogens is 365 g/mol. The van der Waals surface area contributed by atoms with E-state index in [0.717, 1.165) is 18.1 Å². The Balaban J connectivity index is 0.00000144. The highest BCUT2D eigenvalue weighted by molar-refractivity contribution is 6.30. The van der Waals surface area contributed by atoms with Gasteiger partial charge in [0, 0.05) is 30.5 Å². The topological polar surface area (TPSA) is 29.9 Å². The van der Waals surface area contributed by atoms with Gasteiger partial charge in [-0.25, -0.2) is 4.98 Å². The largest absolute Gasteiger partial charge is 0.336 e. The Morgan fingerprint density at radius 1 is 1.00 bits per heavy atom. The Morgan fingerprint density at radius 2 is 1.71 bits per heavy atom. The van der Waals surface area contributed by atoms with Crippen molar-refractivity contribution in [1.82, 2.24) is 14.9 Å². The SMILES string of the molecule is Cl.Cl.Clc1ccc(C(Cn2ccnc2)NCc2ccccc2)cc1. The predicted molar refractivity (Wildman–Crippen MR) is 104 cm³/mol. The molecule has 1 unspecified atom stereocenters. The molecule has 0 aliphatic carbocycles. The lowest BCUT2D eigenvalue weighted by atomic mass is 10.1. The van der Waals surface area contributed by atoms with Crippen molar-refractivity contribution in [2.45, 2.75) is 19.1 Å². The van der Waals surface area contributed by atoms with Crippen LogP contribution in [0.25, 0.3) is 0 Å². The predicted octanol–water partition coefficient (Wildman–Crippen LogP) is 4.91. The van der Waals surface area contributed by atoms with E-state index >= 15 is 0 Å². The Morgan fingerprint density at radius 3 is 2.33 bits per heavy atom. The van der Waals surface area contributed by atoms with Crippen molar-refractivity contribution in [2.75, 3.05) is 0 Å². The molecule has 24 heavy (non-hydrogen) atoms. The molecule has 0 fully saturated rings. The van der Waals surface area contributed by atoms with Crippen LogP contribution in [0.3, 0.4) is 0 Å². The van der Waals surface area contributed by atoms with Gasteiger partial charge in [-0.05, 0) is 23.3 Å². The molecule has 0 bridgehead atoms. The normalized spacial score (nSPS) is 11.2. The number of nitrogens with zero attached hydrogens (tertiary/aromatic N) is 2. The van der Waals surface area contributed by atoms with Gasteiger partial charge in [0.2, 0.25) is 0 Å². The maximum atomic E-state index is 6.00. The quantitative estimate of drug-likeness (QED) is 0.654. The molecule has 2 aromatic carbocycles. The van der Waals surface area contributed by atoms with Crippen LogP contribution in [0.4, 0.5) is 0 Å². The lowest BCUT2D eigenvalue weighted by Crippen LogP contribution is -2.25. The van der Waals surface area contributed by atoms with E-state index in [1.165, 1.54) is 11.1 Å². The van der Waals surface area contributed by atoms with Crippen LogP contribution in [-0.4, -0.2) is 9.55 Å². The number of rotatable bonds is 6. The Labute approximate surface area is 159 Å². The molecule has 128 valence electrons. The van der Waals surface area contributed by atoms with Crippen LogP contribution in [0.15, 0.2) is 73.3 Å². The highest BCUT2D eigenvalue weighted by atomic mass is 35.5. The smallest absolute Gasteiger partial charge is 0.0946 e. The number of imidazole rings is 1. The molecule has 3 nitrogen and oxygen atoms in total. The van der Waals surface area contributed by atoms with Crippen molar-refractivity contribution in [3.05, 3.63) is 89.5 Å². The number of hydrogen-bond donors (Lipinski definition) is 1. The third-order valence-corrected chi connectivity index (χ3v) is 3.87. The first kappa shape index (κ1) is 20.5. The molecule has 0 spiro atoms. The van der Waals surface area contributed by atoms with E-state index in [1.807, 2.05) is 30.7 Å². The summed E-state index contributed by atoms with van der Waals surface area (Å²) < 4.78 is 2.08. The lowest BCUT2D eigenvalue weighted by Gasteiger charge is -2.20. The van der Waals surface area contributed by atoms with Gasteiger partial charge < -0.3 is 9.88 Å². The van der Waals surface area contributed by atoms with Crippen molar-refractivity contribution in [3.63, 3.8) is 0 Å². The van der Waals surface area contributed by atoms with Crippen molar-refractivity contribution in [2.24, 2.45) is 0 Å². The van der Waals surface area contributed by atoms with E-state index < -0.39 is 0 Å². The summed E-state index contributed by atoms with van der Waals surface area (Å²) >= 11 is 6.00. The summed E-state index contributed by atoms with van der Waals surface area (Å²) in [5.74, 6) is 0. The fourth-order valence-corrected chi connectivity index (χ4v) is 2.55. The highest BCUT2D eigenvalue weighted by Gasteiger charge is 2.11. The van der Waals surface area contributed by atoms with Crippen LogP contribution in [-0.2, 0) is 13.1 Å². The van der Waals surface area contributed by atoms with Crippen LogP contribution in [0.5, 0.6) is 0 Å². The number of benzene rings is 2. The molecule has 1 aromatic heterocycles. The van der Waals surface area contributed by atoms with Crippen LogP contribution < -0.4 is 5.32 Å². The molecule has 6 heteroatoms. The maximum Gasteiger partial charge on any atom is 0.0946 e. The molecule has 0 aliphatic rings. The molecule has 0 saturated heterocycles. The van der Waals surface area contributed by atoms with E-state index in [1.54, 1.807) is 6.20 Å². The van der Waals surface area contributed by atoms with Crippen molar-refractivity contribution < 1.29 is 0 Å². The second-order valence-electron chi connectivity index (χ2n) is 5.23. The average Bonchev–Trinajstić information content (AvgIpc) is 3.06. The van der Waals surface area contributed by atoms with Gasteiger partial charge in [0.1, 0.15) is 0 Å². The van der Waals surface area contributed by atoms with E-state index in [0.29, 0.717) is 0 Å². The Hall–Kier alpha value is -1.52. The molecule has 0 radical (unpaired) electrons. The molecular formula is C18H20Cl3N3. The minimum absolute atomic E-state index is 0. The average molecular weight is 385 g/mol. The molecule has 1 N–H and O–H groups in total. The Bertz CT molecular complexity index is 685. The summed E-state index contributed by atoms with van der Waals surface area (Å²) in [6.07, 6.45) is 5.62. The van der Waals surface area contributed by atoms with Gasteiger partial charge in [-0.3, -0.25) is 0 Å². The van der Waals surface area contributed by atoms with E-state index in [-0.39, 0.29) is 30.9 Å². The van der Waals surface area contributed by atoms with Gasteiger partial charge in [0.05, 0.1) is 12.4 Å². The van der Waals surface area contributed by atoms with Crippen molar-refractivity contribution in [3.8, 4) is 0 Å². The van der Waals surface area contributed by atoms with Gasteiger partial charge in [0.15, 0.2) is 0 Å². The zero-order valence-electron chi connectivity index (χ0n) is 13.0. The molecule has 0 amide bonds. The van der Waals surface area contributed by atoms with Gasteiger partial charge in [-0.1, -0.05) is 54.1 Å². The van der Waals surface area contributed by atoms with Gasteiger partial charge in [-0.15, -0.1) is 24.8 Å². The third kappa shape index (κ3) is 5.84. The summed E-state index contributed by atoms with van der Waals surface area (Å²) in [7, 11) is 0. The zero-order chi connectivity index (χ0) is 15.2. The Kier molecular flexibility index (Phi) is 8.87. The fourth-order valence-electron chi connectivity index (χ4n) is 2.43. The molecule has 3 aromatic rings. The summed E-state index contributed by atoms with van der Waals surface area (Å²) in [5.41, 5.74) is 2.49. The third-order valence-electron chi connectivity index (χ3n) is 3.62. The van der Waals surface area contributed by atoms with Crippen LogP contribution in [0.2, 0.25) is 5.02 Å². The molecule has 1 atom stereocenters. The second-order valence-corrected chi connectivity index (χ2v) is 5.67. The number of aromatic nitrogens is 2. The summed E-state index contributed by atoms with van der Waals surface area (Å²) in [6.45, 7) is 1.65. The van der Waals surface area contributed by atoms with Crippen LogP contribution in [0, 0.1) is 0 Å². The minimum Gasteiger partial charge on any atom is -0.336 e. The van der Waals surface area contributed by atoms with Gasteiger partial charge >= 0.3 is 0 Å². The molecule has 0 saturated carbocycles. The van der Waals surface area contributed by atoms with Gasteiger partial charge in [-0.2, -0.15) is 0 Å². The first-order valence-corrected chi connectivity index (χ1v) is 7.67. The van der Waals surface area contributed by atoms with E-state index in [9.17, 15) is 0 Å². The van der Waals surface area contributed by atoms with Gasteiger partial charge in [0.25, 0.3) is 0 Å². The van der Waals surface area contributed by atoms with Crippen LogP contribution >= 0.6 is 36.4 Å². The number of hydrogen-bond acceptors (Lipinski definition) is 2. The van der Waals surface area contributed by atoms with E-state index in [2.05, 4.69) is 51.3 Å². The zero-order valence-corrected chi connectivity index (χ0v) is 15.4. The standard InChI is InChI=1S/C18H18ClN3.2ClH/c19-17-8-6-16(7-9-17)18(13-22-11-10-20-14-22)21-12-15-4-2-1-3-5-15;;/h1-11,14,18,21H,12-13H2;2*1H. The van der Waals surface area contributed by atoms with E-state index in [4.69, 9.17) is 11.6 Å². The number of nitrogens with one attached hydrogen (secondary N) is 1. The molecule has 1 heterocycles. The van der Waals surface area contributed by atoms with Crippen molar-refractivity contribution >= 4 is 36.4 Å². The minimum atomic E-state index is 0. The highest BCUT2D eigenvalue weighted by Crippen LogP contribution is 2.19. The summed E-state index contributed by atoms with van der Waals surface area (Å²) in [6, 6.07) is 18.6. The summed E-state index contributed by atoms with van der Waals surface area (Å²) in [5, 5.41) is 4.38. The molecule has 0 aliphatic heterocycles. The summed E-state index contributed by atoms with van der Waals surface area (Å²) in [4.78, 5) is 4.12. The maximum absolute atomic E-state index is 6.00. The monoisotopic (exact) mass is 383 g/mol. The molecule has 3 rings (SSSR count). The van der Waals surface area contributed by atoms with Crippen LogP contribution in [0.1, 0.15) is 17.2 Å². The fraction of sp³-hybridized carbons (Fsp3) is 0.167. The van der Waals surface area contributed by atoms with Crippen molar-refractivity contribution in [1.29, 1.82) is 0 Å². The lowest BCUT2D eigenvalue weighted by molar-refractivity contribution is 0.462. The second kappa shape index (κ2) is 10.4. The number of halogens is 3. The first-order valence-electron chi connectivity index (χ1n) is 7.30.